The van der Waals surface area contributed by atoms with Crippen molar-refractivity contribution in [2.24, 2.45) is 0 Å². The Kier molecular flexibility index (Phi) is 5.28. The molecular formula is C16H21N5O3. The molecule has 2 rings (SSSR count). The molecule has 1 aromatic heterocycles. The highest BCUT2D eigenvalue weighted by Crippen LogP contribution is 2.13. The standard InChI is InChI=1S/C16H21N5O3/c1-11-5-7-12(8-6-11)15-18-20-21(19-15)9-14(23)24-10-13(22)17-16(2,3)4/h5-8H,9-10H2,1-4H3,(H,17,22). The van der Waals surface area contributed by atoms with E-state index in [1.54, 1.807) is 0 Å². The molecule has 0 radical (unpaired) electrons. The molecule has 24 heavy (non-hydrogen) atoms. The predicted molar refractivity (Wildman–Crippen MR) is 86.8 cm³/mol. The van der Waals surface area contributed by atoms with Gasteiger partial charge in [0.1, 0.15) is 0 Å². The number of carbonyl (C=O) groups excluding carboxylic acids is 2. The highest BCUT2D eigenvalue weighted by molar-refractivity contribution is 5.80. The van der Waals surface area contributed by atoms with E-state index in [0.29, 0.717) is 5.82 Å². The molecule has 0 spiro atoms. The molecular weight excluding hydrogens is 310 g/mol. The van der Waals surface area contributed by atoms with Crippen LogP contribution in [-0.4, -0.2) is 44.2 Å². The van der Waals surface area contributed by atoms with Gasteiger partial charge in [-0.05, 0) is 32.9 Å². The number of aromatic nitrogens is 4. The quantitative estimate of drug-likeness (QED) is 0.824. The molecule has 0 bridgehead atoms. The zero-order valence-electron chi connectivity index (χ0n) is 14.2. The Balaban J connectivity index is 1.87. The van der Waals surface area contributed by atoms with E-state index in [-0.39, 0.29) is 24.6 Å². The van der Waals surface area contributed by atoms with Crippen LogP contribution in [-0.2, 0) is 20.9 Å². The molecule has 0 fully saturated rings. The van der Waals surface area contributed by atoms with Crippen LogP contribution in [0.15, 0.2) is 24.3 Å². The van der Waals surface area contributed by atoms with Crippen molar-refractivity contribution < 1.29 is 14.3 Å². The van der Waals surface area contributed by atoms with Gasteiger partial charge in [0, 0.05) is 11.1 Å². The number of nitrogens with one attached hydrogen (secondary N) is 1. The van der Waals surface area contributed by atoms with Crippen LogP contribution in [0.2, 0.25) is 0 Å². The van der Waals surface area contributed by atoms with Crippen LogP contribution >= 0.6 is 0 Å². The van der Waals surface area contributed by atoms with Crippen molar-refractivity contribution in [1.82, 2.24) is 25.5 Å². The molecule has 1 amide bonds. The molecule has 128 valence electrons. The van der Waals surface area contributed by atoms with Crippen LogP contribution in [0, 0.1) is 6.92 Å². The first-order valence-corrected chi connectivity index (χ1v) is 7.54. The SMILES string of the molecule is Cc1ccc(-c2nnn(CC(=O)OCC(=O)NC(C)(C)C)n2)cc1. The fourth-order valence-corrected chi connectivity index (χ4v) is 1.89. The second kappa shape index (κ2) is 7.20. The van der Waals surface area contributed by atoms with E-state index in [0.717, 1.165) is 15.9 Å². The Morgan fingerprint density at radius 1 is 1.21 bits per heavy atom. The third kappa shape index (κ3) is 5.45. The molecule has 8 heteroatoms. The minimum Gasteiger partial charge on any atom is -0.454 e. The zero-order valence-corrected chi connectivity index (χ0v) is 14.2. The number of tetrazole rings is 1. The summed E-state index contributed by atoms with van der Waals surface area (Å²) in [7, 11) is 0. The maximum atomic E-state index is 11.7. The first kappa shape index (κ1) is 17.6. The number of rotatable bonds is 5. The van der Waals surface area contributed by atoms with Crippen molar-refractivity contribution in [2.75, 3.05) is 6.61 Å². The van der Waals surface area contributed by atoms with Gasteiger partial charge < -0.3 is 10.1 Å². The Morgan fingerprint density at radius 3 is 2.50 bits per heavy atom. The summed E-state index contributed by atoms with van der Waals surface area (Å²) in [6, 6.07) is 7.65. The van der Waals surface area contributed by atoms with Gasteiger partial charge in [0.2, 0.25) is 5.82 Å². The molecule has 0 aliphatic rings. The number of aryl methyl sites for hydroxylation is 1. The minimum absolute atomic E-state index is 0.207. The van der Waals surface area contributed by atoms with E-state index in [4.69, 9.17) is 4.74 Å². The van der Waals surface area contributed by atoms with Gasteiger partial charge in [-0.15, -0.1) is 10.2 Å². The minimum atomic E-state index is -0.605. The van der Waals surface area contributed by atoms with Crippen LogP contribution in [0.4, 0.5) is 0 Å². The van der Waals surface area contributed by atoms with Gasteiger partial charge >= 0.3 is 5.97 Å². The highest BCUT2D eigenvalue weighted by Gasteiger charge is 2.16. The number of hydrogen-bond donors (Lipinski definition) is 1. The number of carbonyl (C=O) groups is 2. The van der Waals surface area contributed by atoms with E-state index in [1.165, 1.54) is 0 Å². The van der Waals surface area contributed by atoms with E-state index < -0.39 is 5.97 Å². The van der Waals surface area contributed by atoms with Gasteiger partial charge in [-0.25, -0.2) is 4.79 Å². The predicted octanol–water partition coefficient (Wildman–Crippen LogP) is 1.11. The smallest absolute Gasteiger partial charge is 0.330 e. The number of hydrogen-bond acceptors (Lipinski definition) is 6. The molecule has 0 aliphatic heterocycles. The normalized spacial score (nSPS) is 11.2. The number of nitrogens with zero attached hydrogens (tertiary/aromatic N) is 4. The van der Waals surface area contributed by atoms with Gasteiger partial charge in [0.25, 0.3) is 5.91 Å². The van der Waals surface area contributed by atoms with E-state index in [1.807, 2.05) is 52.0 Å². The molecule has 1 heterocycles. The summed E-state index contributed by atoms with van der Waals surface area (Å²) in [6.45, 7) is 6.98. The maximum Gasteiger partial charge on any atom is 0.330 e. The average molecular weight is 331 g/mol. The summed E-state index contributed by atoms with van der Waals surface area (Å²) >= 11 is 0. The largest absolute Gasteiger partial charge is 0.454 e. The molecule has 0 saturated carbocycles. The first-order chi connectivity index (χ1) is 11.2. The molecule has 2 aromatic rings. The van der Waals surface area contributed by atoms with E-state index in [9.17, 15) is 9.59 Å². The molecule has 1 aromatic carbocycles. The van der Waals surface area contributed by atoms with Crippen molar-refractivity contribution in [3.05, 3.63) is 29.8 Å². The second-order valence-corrected chi connectivity index (χ2v) is 6.47. The topological polar surface area (TPSA) is 99.0 Å². The van der Waals surface area contributed by atoms with Crippen molar-refractivity contribution in [2.45, 2.75) is 39.8 Å². The number of esters is 1. The van der Waals surface area contributed by atoms with Crippen LogP contribution < -0.4 is 5.32 Å². The lowest BCUT2D eigenvalue weighted by molar-refractivity contribution is -0.150. The van der Waals surface area contributed by atoms with Crippen molar-refractivity contribution in [3.8, 4) is 11.4 Å². The van der Waals surface area contributed by atoms with Gasteiger partial charge in [-0.2, -0.15) is 4.80 Å². The monoisotopic (exact) mass is 331 g/mol. The summed E-state index contributed by atoms with van der Waals surface area (Å²) in [6.07, 6.45) is 0. The summed E-state index contributed by atoms with van der Waals surface area (Å²) in [5.74, 6) is -0.539. The molecule has 8 nitrogen and oxygen atoms in total. The van der Waals surface area contributed by atoms with Gasteiger partial charge in [0.15, 0.2) is 13.2 Å². The van der Waals surface area contributed by atoms with Crippen LogP contribution in [0.1, 0.15) is 26.3 Å². The Labute approximate surface area is 140 Å². The van der Waals surface area contributed by atoms with E-state index >= 15 is 0 Å². The fourth-order valence-electron chi connectivity index (χ4n) is 1.89. The molecule has 0 saturated heterocycles. The summed E-state index contributed by atoms with van der Waals surface area (Å²) < 4.78 is 4.90. The Morgan fingerprint density at radius 2 is 1.88 bits per heavy atom. The molecule has 1 N–H and O–H groups in total. The van der Waals surface area contributed by atoms with Gasteiger partial charge in [0.05, 0.1) is 0 Å². The van der Waals surface area contributed by atoms with Gasteiger partial charge in [-0.1, -0.05) is 29.8 Å². The Hall–Kier alpha value is -2.77. The Bertz CT molecular complexity index is 716. The first-order valence-electron chi connectivity index (χ1n) is 7.54. The molecule has 0 atom stereocenters. The van der Waals surface area contributed by atoms with Crippen molar-refractivity contribution in [3.63, 3.8) is 0 Å². The van der Waals surface area contributed by atoms with Crippen LogP contribution in [0.5, 0.6) is 0 Å². The lowest BCUT2D eigenvalue weighted by Crippen LogP contribution is -2.42. The maximum absolute atomic E-state index is 11.7. The highest BCUT2D eigenvalue weighted by atomic mass is 16.5. The zero-order chi connectivity index (χ0) is 17.7. The fraction of sp³-hybridized carbons (Fsp3) is 0.438. The van der Waals surface area contributed by atoms with Gasteiger partial charge in [-0.3, -0.25) is 4.79 Å². The summed E-state index contributed by atoms with van der Waals surface area (Å²) in [4.78, 5) is 24.5. The van der Waals surface area contributed by atoms with Crippen LogP contribution in [0.3, 0.4) is 0 Å². The number of benzene rings is 1. The average Bonchev–Trinajstić information content (AvgIpc) is 2.92. The van der Waals surface area contributed by atoms with Crippen molar-refractivity contribution in [1.29, 1.82) is 0 Å². The van der Waals surface area contributed by atoms with Crippen LogP contribution in [0.25, 0.3) is 11.4 Å². The van der Waals surface area contributed by atoms with Crippen molar-refractivity contribution >= 4 is 11.9 Å². The number of ether oxygens (including phenoxy) is 1. The lowest BCUT2D eigenvalue weighted by atomic mass is 10.1. The number of amides is 1. The third-order valence-corrected chi connectivity index (χ3v) is 2.91. The molecule has 0 unspecified atom stereocenters. The molecule has 0 aliphatic carbocycles. The second-order valence-electron chi connectivity index (χ2n) is 6.47. The summed E-state index contributed by atoms with van der Waals surface area (Å²) in [5.41, 5.74) is 1.56. The summed E-state index contributed by atoms with van der Waals surface area (Å²) in [5, 5.41) is 14.6. The third-order valence-electron chi connectivity index (χ3n) is 2.91. The lowest BCUT2D eigenvalue weighted by Gasteiger charge is -2.20. The van der Waals surface area contributed by atoms with E-state index in [2.05, 4.69) is 20.7 Å².